The highest BCUT2D eigenvalue weighted by Crippen LogP contribution is 2.34. The topological polar surface area (TPSA) is 65.2 Å². The van der Waals surface area contributed by atoms with Crippen molar-refractivity contribution in [1.29, 1.82) is 0 Å². The Bertz CT molecular complexity index is 610. The van der Waals surface area contributed by atoms with Crippen molar-refractivity contribution in [2.45, 2.75) is 6.92 Å². The number of halogens is 1. The van der Waals surface area contributed by atoms with Gasteiger partial charge in [0.2, 0.25) is 0 Å². The summed E-state index contributed by atoms with van der Waals surface area (Å²) < 4.78 is 5.75. The van der Waals surface area contributed by atoms with Crippen LogP contribution in [0.4, 0.5) is 5.00 Å². The quantitative estimate of drug-likeness (QED) is 0.648. The van der Waals surface area contributed by atoms with Gasteiger partial charge in [-0.05, 0) is 35.1 Å². The zero-order chi connectivity index (χ0) is 13.3. The van der Waals surface area contributed by atoms with Crippen LogP contribution < -0.4 is 5.73 Å². The summed E-state index contributed by atoms with van der Waals surface area (Å²) in [5.74, 6) is -0.502. The molecule has 0 spiro atoms. The van der Waals surface area contributed by atoms with E-state index in [1.807, 2.05) is 25.1 Å². The molecule has 1 aromatic heterocycles. The van der Waals surface area contributed by atoms with E-state index >= 15 is 0 Å². The van der Waals surface area contributed by atoms with E-state index in [4.69, 9.17) is 5.73 Å². The van der Waals surface area contributed by atoms with Gasteiger partial charge in [-0.2, -0.15) is 0 Å². The van der Waals surface area contributed by atoms with Gasteiger partial charge in [0.25, 0.3) is 0 Å². The van der Waals surface area contributed by atoms with Crippen LogP contribution in [0, 0.1) is 10.5 Å². The van der Waals surface area contributed by atoms with Gasteiger partial charge in [-0.1, -0.05) is 29.5 Å². The minimum absolute atomic E-state index is 0.190. The third-order valence-electron chi connectivity index (χ3n) is 2.45. The number of nitrogens with two attached hydrogens (primary N) is 1. The second-order valence-electron chi connectivity index (χ2n) is 3.66. The van der Waals surface area contributed by atoms with Crippen molar-refractivity contribution in [2.24, 2.45) is 0 Å². The van der Waals surface area contributed by atoms with E-state index < -0.39 is 5.97 Å². The first kappa shape index (κ1) is 13.3. The Hall–Kier alpha value is -1.15. The van der Waals surface area contributed by atoms with Crippen LogP contribution in [0.3, 0.4) is 0 Å². The number of anilines is 1. The summed E-state index contributed by atoms with van der Waals surface area (Å²) in [5.41, 5.74) is 8.14. The predicted molar refractivity (Wildman–Crippen MR) is 80.8 cm³/mol. The molecule has 0 radical (unpaired) electrons. The van der Waals surface area contributed by atoms with Crippen molar-refractivity contribution < 1.29 is 9.53 Å². The Labute approximate surface area is 122 Å². The number of hydrogen-bond acceptors (Lipinski definition) is 5. The van der Waals surface area contributed by atoms with Gasteiger partial charge in [0.05, 0.1) is 7.11 Å². The molecular weight excluding hydrogens is 363 g/mol. The minimum atomic E-state index is -0.502. The first-order valence-electron chi connectivity index (χ1n) is 5.14. The smallest absolute Gasteiger partial charge is 0.359 e. The molecule has 94 valence electrons. The highest BCUT2D eigenvalue weighted by molar-refractivity contribution is 14.1. The lowest BCUT2D eigenvalue weighted by molar-refractivity contribution is 0.0596. The van der Waals surface area contributed by atoms with E-state index in [2.05, 4.69) is 32.3 Å². The number of methoxy groups -OCH3 is 1. The van der Waals surface area contributed by atoms with E-state index in [9.17, 15) is 4.79 Å². The van der Waals surface area contributed by atoms with Crippen molar-refractivity contribution in [3.63, 3.8) is 0 Å². The summed E-state index contributed by atoms with van der Waals surface area (Å²) in [7, 11) is 1.32. The van der Waals surface area contributed by atoms with Crippen LogP contribution in [0.1, 0.15) is 16.1 Å². The van der Waals surface area contributed by atoms with Gasteiger partial charge in [0, 0.05) is 9.13 Å². The van der Waals surface area contributed by atoms with Gasteiger partial charge < -0.3 is 10.5 Å². The van der Waals surface area contributed by atoms with Gasteiger partial charge in [-0.25, -0.2) is 9.78 Å². The highest BCUT2D eigenvalue weighted by Gasteiger charge is 2.18. The number of thiazole rings is 1. The van der Waals surface area contributed by atoms with Gasteiger partial charge in [0.1, 0.15) is 10.0 Å². The summed E-state index contributed by atoms with van der Waals surface area (Å²) >= 11 is 3.56. The van der Waals surface area contributed by atoms with Gasteiger partial charge in [-0.3, -0.25) is 0 Å². The largest absolute Gasteiger partial charge is 0.464 e. The highest BCUT2D eigenvalue weighted by atomic mass is 127. The normalized spacial score (nSPS) is 10.4. The maximum absolute atomic E-state index is 11.5. The van der Waals surface area contributed by atoms with E-state index in [0.29, 0.717) is 5.00 Å². The number of benzene rings is 1. The first-order valence-corrected chi connectivity index (χ1v) is 7.04. The molecular formula is C12H11IN2O2S. The summed E-state index contributed by atoms with van der Waals surface area (Å²) in [5, 5.41) is 1.12. The van der Waals surface area contributed by atoms with Crippen LogP contribution in [0.5, 0.6) is 0 Å². The molecule has 6 heteroatoms. The zero-order valence-corrected chi connectivity index (χ0v) is 12.8. The Morgan fingerprint density at radius 3 is 2.89 bits per heavy atom. The molecule has 0 aliphatic carbocycles. The Balaban J connectivity index is 2.53. The number of esters is 1. The molecule has 18 heavy (non-hydrogen) atoms. The molecule has 4 nitrogen and oxygen atoms in total. The average Bonchev–Trinajstić information content (AvgIpc) is 2.73. The first-order chi connectivity index (χ1) is 8.54. The fraction of sp³-hybridized carbons (Fsp3) is 0.167. The Morgan fingerprint density at radius 2 is 2.22 bits per heavy atom. The number of nitrogen functional groups attached to an aromatic ring is 1. The lowest BCUT2D eigenvalue weighted by Gasteiger charge is -2.03. The molecule has 0 amide bonds. The maximum Gasteiger partial charge on any atom is 0.359 e. The third kappa shape index (κ3) is 2.35. The molecule has 0 aliphatic rings. The molecule has 0 unspecified atom stereocenters. The lowest BCUT2D eigenvalue weighted by atomic mass is 10.1. The minimum Gasteiger partial charge on any atom is -0.464 e. The zero-order valence-electron chi connectivity index (χ0n) is 9.86. The summed E-state index contributed by atoms with van der Waals surface area (Å²) in [6, 6.07) is 5.96. The SMILES string of the molecule is COC(=O)c1nc(-c2cccc(C)c2I)sc1N. The average molecular weight is 374 g/mol. The van der Waals surface area contributed by atoms with E-state index in [0.717, 1.165) is 14.1 Å². The Kier molecular flexibility index (Phi) is 3.86. The number of carbonyl (C=O) groups excluding carboxylic acids is 1. The number of nitrogens with zero attached hydrogens (tertiary/aromatic N) is 1. The number of rotatable bonds is 2. The predicted octanol–water partition coefficient (Wildman–Crippen LogP) is 3.09. The van der Waals surface area contributed by atoms with E-state index in [1.165, 1.54) is 24.0 Å². The molecule has 2 N–H and O–H groups in total. The van der Waals surface area contributed by atoms with Gasteiger partial charge >= 0.3 is 5.97 Å². The monoisotopic (exact) mass is 374 g/mol. The van der Waals surface area contributed by atoms with Crippen molar-refractivity contribution in [2.75, 3.05) is 12.8 Å². The van der Waals surface area contributed by atoms with Crippen LogP contribution >= 0.6 is 33.9 Å². The van der Waals surface area contributed by atoms with Gasteiger partial charge in [-0.15, -0.1) is 0 Å². The summed E-state index contributed by atoms with van der Waals surface area (Å²) in [6.07, 6.45) is 0. The molecule has 0 saturated heterocycles. The fourth-order valence-corrected chi connectivity index (χ4v) is 3.15. The standard InChI is InChI=1S/C12H11IN2O2S/c1-6-4-3-5-7(8(6)13)11-15-9(10(14)18-11)12(16)17-2/h3-5H,14H2,1-2H3. The summed E-state index contributed by atoms with van der Waals surface area (Å²) in [4.78, 5) is 15.7. The Morgan fingerprint density at radius 1 is 1.50 bits per heavy atom. The van der Waals surface area contributed by atoms with Crippen molar-refractivity contribution >= 4 is 44.9 Å². The molecule has 0 aliphatic heterocycles. The second kappa shape index (κ2) is 5.23. The number of ether oxygens (including phenoxy) is 1. The number of aromatic nitrogens is 1. The fourth-order valence-electron chi connectivity index (χ4n) is 1.50. The van der Waals surface area contributed by atoms with Crippen molar-refractivity contribution in [3.8, 4) is 10.6 Å². The number of hydrogen-bond donors (Lipinski definition) is 1. The molecule has 0 bridgehead atoms. The molecule has 0 atom stereocenters. The van der Waals surface area contributed by atoms with E-state index in [1.54, 1.807) is 0 Å². The molecule has 0 saturated carbocycles. The lowest BCUT2D eigenvalue weighted by Crippen LogP contribution is -2.04. The van der Waals surface area contributed by atoms with Gasteiger partial charge in [0.15, 0.2) is 5.69 Å². The van der Waals surface area contributed by atoms with E-state index in [-0.39, 0.29) is 5.69 Å². The molecule has 1 heterocycles. The third-order valence-corrected chi connectivity index (χ3v) is 4.80. The summed E-state index contributed by atoms with van der Waals surface area (Å²) in [6.45, 7) is 2.03. The number of aryl methyl sites for hydroxylation is 1. The van der Waals surface area contributed by atoms with Crippen LogP contribution in [0.2, 0.25) is 0 Å². The molecule has 2 rings (SSSR count). The molecule has 0 fully saturated rings. The second-order valence-corrected chi connectivity index (χ2v) is 5.77. The maximum atomic E-state index is 11.5. The van der Waals surface area contributed by atoms with Crippen molar-refractivity contribution in [3.05, 3.63) is 33.0 Å². The van der Waals surface area contributed by atoms with Crippen molar-refractivity contribution in [1.82, 2.24) is 4.98 Å². The van der Waals surface area contributed by atoms with Crippen LogP contribution in [-0.4, -0.2) is 18.1 Å². The van der Waals surface area contributed by atoms with Crippen LogP contribution in [0.15, 0.2) is 18.2 Å². The molecule has 1 aromatic carbocycles. The molecule has 2 aromatic rings. The van der Waals surface area contributed by atoms with Crippen LogP contribution in [-0.2, 0) is 4.74 Å². The van der Waals surface area contributed by atoms with Crippen LogP contribution in [0.25, 0.3) is 10.6 Å². The number of carbonyl (C=O) groups is 1.